The molecule has 0 saturated carbocycles. The summed E-state index contributed by atoms with van der Waals surface area (Å²) >= 11 is 3.26. The molecule has 4 aromatic rings. The van der Waals surface area contributed by atoms with Crippen molar-refractivity contribution in [2.75, 3.05) is 18.7 Å². The van der Waals surface area contributed by atoms with E-state index in [1.54, 1.807) is 30.2 Å². The number of thiazole rings is 1. The predicted octanol–water partition coefficient (Wildman–Crippen LogP) is 5.32. The second-order valence-corrected chi connectivity index (χ2v) is 7.23. The molecule has 0 bridgehead atoms. The fourth-order valence-electron chi connectivity index (χ4n) is 2.61. The number of ether oxygens (including phenoxy) is 1. The van der Waals surface area contributed by atoms with Crippen molar-refractivity contribution in [3.63, 3.8) is 0 Å². The van der Waals surface area contributed by atoms with Crippen LogP contribution in [-0.4, -0.2) is 23.3 Å². The summed E-state index contributed by atoms with van der Waals surface area (Å²) in [6.07, 6.45) is 2.03. The zero-order valence-corrected chi connectivity index (χ0v) is 14.9. The van der Waals surface area contributed by atoms with E-state index in [1.807, 2.05) is 48.7 Å². The van der Waals surface area contributed by atoms with Crippen LogP contribution in [0.4, 0.5) is 11.4 Å². The topological polar surface area (TPSA) is 47.0 Å². The van der Waals surface area contributed by atoms with Gasteiger partial charge in [-0.3, -0.25) is 0 Å². The molecule has 24 heavy (non-hydrogen) atoms. The van der Waals surface area contributed by atoms with Gasteiger partial charge in [0.25, 0.3) is 0 Å². The van der Waals surface area contributed by atoms with Crippen LogP contribution in [0, 0.1) is 0 Å². The fourth-order valence-corrected chi connectivity index (χ4v) is 4.05. The number of anilines is 2. The number of benzene rings is 2. The summed E-state index contributed by atoms with van der Waals surface area (Å²) in [4.78, 5) is 10.5. The Morgan fingerprint density at radius 2 is 1.96 bits per heavy atom. The zero-order chi connectivity index (χ0) is 16.5. The summed E-state index contributed by atoms with van der Waals surface area (Å²) < 4.78 is 6.34. The van der Waals surface area contributed by atoms with Crippen LogP contribution in [0.2, 0.25) is 0 Å². The number of nitrogens with zero attached hydrogens (tertiary/aromatic N) is 2. The molecule has 0 radical (unpaired) electrons. The molecule has 1 N–H and O–H groups in total. The largest absolute Gasteiger partial charge is 0.497 e. The summed E-state index contributed by atoms with van der Waals surface area (Å²) in [6.45, 7) is 0. The van der Waals surface area contributed by atoms with Crippen molar-refractivity contribution in [1.82, 2.24) is 9.97 Å². The molecular weight excluding hydrogens is 338 g/mol. The van der Waals surface area contributed by atoms with Gasteiger partial charge in [0.2, 0.25) is 0 Å². The number of pyridine rings is 1. The maximum Gasteiger partial charge on any atom is 0.152 e. The van der Waals surface area contributed by atoms with Gasteiger partial charge in [-0.15, -0.1) is 0 Å². The first-order valence-corrected chi connectivity index (χ1v) is 9.47. The van der Waals surface area contributed by atoms with E-state index >= 15 is 0 Å². The quantitative estimate of drug-likeness (QED) is 0.503. The van der Waals surface area contributed by atoms with Crippen LogP contribution in [0.3, 0.4) is 0 Å². The number of fused-ring (bicyclic) bond motifs is 2. The summed E-state index contributed by atoms with van der Waals surface area (Å²) in [6, 6.07) is 16.0. The second kappa shape index (κ2) is 6.30. The Balaban J connectivity index is 1.94. The molecule has 2 aromatic heterocycles. The van der Waals surface area contributed by atoms with Crippen LogP contribution < -0.4 is 10.1 Å². The van der Waals surface area contributed by atoms with E-state index in [1.165, 1.54) is 0 Å². The van der Waals surface area contributed by atoms with Crippen molar-refractivity contribution in [2.45, 2.75) is 4.34 Å². The van der Waals surface area contributed by atoms with Crippen molar-refractivity contribution < 1.29 is 4.74 Å². The van der Waals surface area contributed by atoms with Crippen molar-refractivity contribution in [2.24, 2.45) is 0 Å². The lowest BCUT2D eigenvalue weighted by Crippen LogP contribution is -1.95. The minimum absolute atomic E-state index is 0.817. The number of nitrogens with one attached hydrogen (secondary N) is 1. The van der Waals surface area contributed by atoms with E-state index in [2.05, 4.69) is 11.4 Å². The van der Waals surface area contributed by atoms with Crippen LogP contribution in [0.25, 0.3) is 21.3 Å². The highest BCUT2D eigenvalue weighted by Crippen LogP contribution is 2.37. The first kappa shape index (κ1) is 15.2. The summed E-state index contributed by atoms with van der Waals surface area (Å²) in [5, 5.41) is 4.58. The van der Waals surface area contributed by atoms with Gasteiger partial charge in [0.05, 0.1) is 18.3 Å². The molecule has 0 fully saturated rings. The molecule has 0 unspecified atom stereocenters. The molecule has 0 aliphatic heterocycles. The third kappa shape index (κ3) is 2.68. The smallest absolute Gasteiger partial charge is 0.152 e. The van der Waals surface area contributed by atoms with Crippen LogP contribution in [0.15, 0.2) is 52.9 Å². The lowest BCUT2D eigenvalue weighted by Gasteiger charge is -2.11. The Hall–Kier alpha value is -2.31. The molecule has 0 aliphatic rings. The normalized spacial score (nSPS) is 11.1. The number of methoxy groups -OCH3 is 1. The maximum atomic E-state index is 5.32. The predicted molar refractivity (Wildman–Crippen MR) is 103 cm³/mol. The first-order chi connectivity index (χ1) is 11.8. The van der Waals surface area contributed by atoms with Crippen LogP contribution in [0.1, 0.15) is 0 Å². The third-order valence-electron chi connectivity index (χ3n) is 3.74. The van der Waals surface area contributed by atoms with Crippen molar-refractivity contribution in [3.05, 3.63) is 48.5 Å². The number of rotatable bonds is 4. The molecule has 0 saturated heterocycles. The molecule has 2 aromatic carbocycles. The standard InChI is InChI=1S/C18H15N3OS2/c1-22-12-7-5-6-11(10-12)19-15-13-8-3-4-9-14(13)20-17-16(15)21-18(23-2)24-17/h3-10H,1-2H3,(H,19,20). The molecular formula is C18H15N3OS2. The van der Waals surface area contributed by atoms with Crippen LogP contribution in [-0.2, 0) is 0 Å². The second-order valence-electron chi connectivity index (χ2n) is 5.20. The van der Waals surface area contributed by atoms with Crippen LogP contribution in [0.5, 0.6) is 5.75 Å². The van der Waals surface area contributed by atoms with E-state index in [4.69, 9.17) is 14.7 Å². The lowest BCUT2D eigenvalue weighted by atomic mass is 10.1. The van der Waals surface area contributed by atoms with Gasteiger partial charge in [-0.05, 0) is 24.5 Å². The molecule has 2 heterocycles. The average Bonchev–Trinajstić information content (AvgIpc) is 3.05. The lowest BCUT2D eigenvalue weighted by molar-refractivity contribution is 0.415. The summed E-state index contributed by atoms with van der Waals surface area (Å²) in [5.74, 6) is 0.817. The third-order valence-corrected chi connectivity index (χ3v) is 5.67. The molecule has 0 atom stereocenters. The highest BCUT2D eigenvalue weighted by atomic mass is 32.2. The van der Waals surface area contributed by atoms with E-state index in [9.17, 15) is 0 Å². The number of aromatic nitrogens is 2. The highest BCUT2D eigenvalue weighted by Gasteiger charge is 2.14. The van der Waals surface area contributed by atoms with Crippen LogP contribution >= 0.6 is 23.1 Å². The van der Waals surface area contributed by atoms with Crippen molar-refractivity contribution in [3.8, 4) is 5.75 Å². The van der Waals surface area contributed by atoms with Gasteiger partial charge in [-0.1, -0.05) is 47.4 Å². The van der Waals surface area contributed by atoms with Gasteiger partial charge in [0.15, 0.2) is 4.34 Å². The molecule has 120 valence electrons. The van der Waals surface area contributed by atoms with E-state index in [0.29, 0.717) is 0 Å². The average molecular weight is 353 g/mol. The van der Waals surface area contributed by atoms with Crippen molar-refractivity contribution in [1.29, 1.82) is 0 Å². The highest BCUT2D eigenvalue weighted by molar-refractivity contribution is 8.00. The Bertz CT molecular complexity index is 1030. The summed E-state index contributed by atoms with van der Waals surface area (Å²) in [5.41, 5.74) is 3.82. The Morgan fingerprint density at radius 1 is 1.08 bits per heavy atom. The molecule has 4 rings (SSSR count). The van der Waals surface area contributed by atoms with Gasteiger partial charge in [0, 0.05) is 17.1 Å². The number of hydrogen-bond donors (Lipinski definition) is 1. The number of para-hydroxylation sites is 1. The number of thioether (sulfide) groups is 1. The van der Waals surface area contributed by atoms with Crippen molar-refractivity contribution >= 4 is 55.7 Å². The minimum Gasteiger partial charge on any atom is -0.497 e. The minimum atomic E-state index is 0.817. The summed E-state index contributed by atoms with van der Waals surface area (Å²) in [7, 11) is 1.67. The van der Waals surface area contributed by atoms with E-state index in [0.717, 1.165) is 42.7 Å². The molecule has 0 amide bonds. The first-order valence-electron chi connectivity index (χ1n) is 7.43. The van der Waals surface area contributed by atoms with Gasteiger partial charge in [-0.25, -0.2) is 9.97 Å². The van der Waals surface area contributed by atoms with Gasteiger partial charge >= 0.3 is 0 Å². The molecule has 0 aliphatic carbocycles. The monoisotopic (exact) mass is 353 g/mol. The molecule has 4 nitrogen and oxygen atoms in total. The van der Waals surface area contributed by atoms with E-state index in [-0.39, 0.29) is 0 Å². The van der Waals surface area contributed by atoms with E-state index < -0.39 is 0 Å². The maximum absolute atomic E-state index is 5.32. The SMILES string of the molecule is COc1cccc(Nc2c3ccccc3nc3sc(SC)nc23)c1. The zero-order valence-electron chi connectivity index (χ0n) is 13.2. The molecule has 6 heteroatoms. The fraction of sp³-hybridized carbons (Fsp3) is 0.111. The van der Waals surface area contributed by atoms with Gasteiger partial charge < -0.3 is 10.1 Å². The Kier molecular flexibility index (Phi) is 4.00. The number of hydrogen-bond acceptors (Lipinski definition) is 6. The Labute approximate surface area is 147 Å². The van der Waals surface area contributed by atoms with Gasteiger partial charge in [0.1, 0.15) is 16.1 Å². The molecule has 0 spiro atoms. The Morgan fingerprint density at radius 3 is 2.79 bits per heavy atom. The van der Waals surface area contributed by atoms with Gasteiger partial charge in [-0.2, -0.15) is 0 Å².